The number of hydrogen-bond donors (Lipinski definition) is 1. The van der Waals surface area contributed by atoms with Gasteiger partial charge in [-0.1, -0.05) is 48.0 Å². The summed E-state index contributed by atoms with van der Waals surface area (Å²) in [6.45, 7) is 12.0. The summed E-state index contributed by atoms with van der Waals surface area (Å²) in [5.74, 6) is -0.397. The van der Waals surface area contributed by atoms with Crippen molar-refractivity contribution in [1.82, 2.24) is 24.9 Å². The fourth-order valence-electron chi connectivity index (χ4n) is 6.51. The second-order valence-electron chi connectivity index (χ2n) is 12.6. The van der Waals surface area contributed by atoms with Gasteiger partial charge in [0.25, 0.3) is 0 Å². The van der Waals surface area contributed by atoms with E-state index in [9.17, 15) is 9.90 Å². The van der Waals surface area contributed by atoms with Gasteiger partial charge in [0.15, 0.2) is 0 Å². The second-order valence-corrected chi connectivity index (χ2v) is 13.0. The fourth-order valence-corrected chi connectivity index (χ4v) is 6.72. The number of carboxylic acid groups (broad SMARTS) is 1. The maximum atomic E-state index is 12.7. The van der Waals surface area contributed by atoms with Crippen molar-refractivity contribution < 1.29 is 14.6 Å². The normalized spacial score (nSPS) is 16.5. The van der Waals surface area contributed by atoms with E-state index < -0.39 is 17.3 Å². The van der Waals surface area contributed by atoms with Crippen molar-refractivity contribution in [3.8, 4) is 5.75 Å². The molecule has 5 aromatic rings. The molecule has 0 aliphatic carbocycles. The third-order valence-corrected chi connectivity index (χ3v) is 9.57. The van der Waals surface area contributed by atoms with E-state index in [1.807, 2.05) is 32.2 Å². The zero-order valence-electron chi connectivity index (χ0n) is 26.1. The Kier molecular flexibility index (Phi) is 7.84. The predicted octanol–water partition coefficient (Wildman–Crippen LogP) is 7.20. The SMILES string of the molecule is CC[C@@H]1CN(Cc2cc(C(c3ccc4c(nnn4C)c3C)C(C)(C)C(=O)O)ccc2C)Cc2cc3nccc(Cl)c3cc2O1. The van der Waals surface area contributed by atoms with Crippen LogP contribution in [0, 0.1) is 19.3 Å². The molecule has 0 fully saturated rings. The Balaban J connectivity index is 1.40. The topological polar surface area (TPSA) is 93.4 Å². The third kappa shape index (κ3) is 5.30. The summed E-state index contributed by atoms with van der Waals surface area (Å²) < 4.78 is 8.25. The molecule has 1 aliphatic heterocycles. The van der Waals surface area contributed by atoms with Gasteiger partial charge in [-0.05, 0) is 86.2 Å². The summed E-state index contributed by atoms with van der Waals surface area (Å²) in [4.78, 5) is 19.7. The molecule has 8 nitrogen and oxygen atoms in total. The highest BCUT2D eigenvalue weighted by atomic mass is 35.5. The minimum Gasteiger partial charge on any atom is -0.489 e. The molecule has 0 radical (unpaired) electrons. The first-order valence-corrected chi connectivity index (χ1v) is 15.4. The van der Waals surface area contributed by atoms with Gasteiger partial charge in [0, 0.05) is 49.7 Å². The molecule has 1 aliphatic rings. The van der Waals surface area contributed by atoms with Gasteiger partial charge in [0.05, 0.1) is 21.5 Å². The van der Waals surface area contributed by atoms with Crippen LogP contribution in [0.25, 0.3) is 21.9 Å². The summed E-state index contributed by atoms with van der Waals surface area (Å²) in [6.07, 6.45) is 2.62. The second kappa shape index (κ2) is 11.5. The number of rotatable bonds is 7. The number of ether oxygens (including phenoxy) is 1. The van der Waals surface area contributed by atoms with Gasteiger partial charge in [0.2, 0.25) is 0 Å². The molecule has 1 unspecified atom stereocenters. The molecule has 6 rings (SSSR count). The van der Waals surface area contributed by atoms with Crippen molar-refractivity contribution in [2.75, 3.05) is 6.54 Å². The van der Waals surface area contributed by atoms with Crippen LogP contribution in [0.15, 0.2) is 54.7 Å². The number of fused-ring (bicyclic) bond motifs is 3. The van der Waals surface area contributed by atoms with Crippen LogP contribution in [0.1, 0.15) is 66.5 Å². The molecule has 44 heavy (non-hydrogen) atoms. The van der Waals surface area contributed by atoms with Crippen LogP contribution in [-0.4, -0.2) is 48.6 Å². The molecule has 2 atom stereocenters. The molecule has 0 amide bonds. The van der Waals surface area contributed by atoms with Crippen LogP contribution < -0.4 is 4.74 Å². The lowest BCUT2D eigenvalue weighted by molar-refractivity contribution is -0.147. The molecular formula is C35H38ClN5O3. The lowest BCUT2D eigenvalue weighted by atomic mass is 9.69. The van der Waals surface area contributed by atoms with Gasteiger partial charge in [-0.3, -0.25) is 14.7 Å². The molecule has 0 saturated carbocycles. The molecule has 0 saturated heterocycles. The number of pyridine rings is 1. The Bertz CT molecular complexity index is 1900. The van der Waals surface area contributed by atoms with Gasteiger partial charge in [-0.15, -0.1) is 5.10 Å². The number of carbonyl (C=O) groups is 1. The molecular weight excluding hydrogens is 574 g/mol. The number of aliphatic carboxylic acids is 1. The molecule has 0 bridgehead atoms. The zero-order chi connectivity index (χ0) is 31.3. The van der Waals surface area contributed by atoms with Crippen molar-refractivity contribution in [1.29, 1.82) is 0 Å². The van der Waals surface area contributed by atoms with Crippen LogP contribution in [0.3, 0.4) is 0 Å². The Morgan fingerprint density at radius 1 is 1.16 bits per heavy atom. The molecule has 2 aromatic heterocycles. The fraction of sp³-hybridized carbons (Fsp3) is 0.371. The summed E-state index contributed by atoms with van der Waals surface area (Å²) in [5.41, 5.74) is 7.74. The Morgan fingerprint density at radius 2 is 1.95 bits per heavy atom. The van der Waals surface area contributed by atoms with Crippen molar-refractivity contribution in [3.05, 3.63) is 93.1 Å². The molecule has 9 heteroatoms. The number of aromatic nitrogens is 4. The average Bonchev–Trinajstić information content (AvgIpc) is 3.27. The van der Waals surface area contributed by atoms with Crippen molar-refractivity contribution in [2.45, 2.75) is 66.2 Å². The standard InChI is InChI=1S/C35H38ClN5O3/c1-7-25-19-41(18-24-15-29-27(16-31(24)44-25)28(36)12-13-37-29)17-23-14-22(9-8-20(23)2)32(35(4,5)34(42)43)26-10-11-30-33(21(26)3)38-39-40(30)6/h8-16,25,32H,7,17-19H2,1-6H3,(H,42,43)/t25-,32?/m1/s1. The van der Waals surface area contributed by atoms with Crippen molar-refractivity contribution in [3.63, 3.8) is 0 Å². The van der Waals surface area contributed by atoms with E-state index in [1.54, 1.807) is 30.8 Å². The third-order valence-electron chi connectivity index (χ3n) is 9.24. The number of aryl methyl sites for hydroxylation is 3. The minimum absolute atomic E-state index is 0.0210. The van der Waals surface area contributed by atoms with Crippen LogP contribution in [-0.2, 0) is 24.9 Å². The van der Waals surface area contributed by atoms with Gasteiger partial charge in [0.1, 0.15) is 17.4 Å². The maximum Gasteiger partial charge on any atom is 0.310 e. The molecule has 3 aromatic carbocycles. The monoisotopic (exact) mass is 611 g/mol. The lowest BCUT2D eigenvalue weighted by Gasteiger charge is -2.33. The summed E-state index contributed by atoms with van der Waals surface area (Å²) in [7, 11) is 1.86. The van der Waals surface area contributed by atoms with E-state index in [1.165, 1.54) is 0 Å². The van der Waals surface area contributed by atoms with Crippen LogP contribution in [0.4, 0.5) is 0 Å². The number of halogens is 1. The molecule has 0 spiro atoms. The average molecular weight is 612 g/mol. The number of nitrogens with zero attached hydrogens (tertiary/aromatic N) is 5. The number of hydrogen-bond acceptors (Lipinski definition) is 6. The quantitative estimate of drug-likeness (QED) is 0.208. The first-order chi connectivity index (χ1) is 21.0. The molecule has 1 N–H and O–H groups in total. The Morgan fingerprint density at radius 3 is 2.70 bits per heavy atom. The van der Waals surface area contributed by atoms with E-state index in [0.29, 0.717) is 18.1 Å². The highest BCUT2D eigenvalue weighted by molar-refractivity contribution is 6.35. The van der Waals surface area contributed by atoms with Gasteiger partial charge in [-0.25, -0.2) is 4.68 Å². The summed E-state index contributed by atoms with van der Waals surface area (Å²) in [6, 6.07) is 16.3. The summed E-state index contributed by atoms with van der Waals surface area (Å²) >= 11 is 6.49. The Hall–Kier alpha value is -4.01. The maximum absolute atomic E-state index is 12.7. The van der Waals surface area contributed by atoms with E-state index in [2.05, 4.69) is 58.3 Å². The van der Waals surface area contributed by atoms with Crippen molar-refractivity contribution in [2.24, 2.45) is 12.5 Å². The van der Waals surface area contributed by atoms with Crippen molar-refractivity contribution >= 4 is 39.5 Å². The smallest absolute Gasteiger partial charge is 0.310 e. The molecule has 228 valence electrons. The zero-order valence-corrected chi connectivity index (χ0v) is 26.8. The highest BCUT2D eigenvalue weighted by Crippen LogP contribution is 2.44. The lowest BCUT2D eigenvalue weighted by Crippen LogP contribution is -2.33. The first-order valence-electron chi connectivity index (χ1n) is 15.1. The van der Waals surface area contributed by atoms with Gasteiger partial charge < -0.3 is 9.84 Å². The highest BCUT2D eigenvalue weighted by Gasteiger charge is 2.40. The largest absolute Gasteiger partial charge is 0.489 e. The summed E-state index contributed by atoms with van der Waals surface area (Å²) in [5, 5.41) is 20.6. The number of benzene rings is 3. The van der Waals surface area contributed by atoms with Gasteiger partial charge in [-0.2, -0.15) is 0 Å². The van der Waals surface area contributed by atoms with Crippen LogP contribution in [0.2, 0.25) is 5.02 Å². The van der Waals surface area contributed by atoms with E-state index in [-0.39, 0.29) is 6.10 Å². The minimum atomic E-state index is -1.08. The predicted molar refractivity (Wildman–Crippen MR) is 173 cm³/mol. The molecule has 3 heterocycles. The van der Waals surface area contributed by atoms with E-state index >= 15 is 0 Å². The van der Waals surface area contributed by atoms with Crippen LogP contribution >= 0.6 is 11.6 Å². The number of carboxylic acids is 1. The van der Waals surface area contributed by atoms with Crippen LogP contribution in [0.5, 0.6) is 5.75 Å². The van der Waals surface area contributed by atoms with Gasteiger partial charge >= 0.3 is 5.97 Å². The van der Waals surface area contributed by atoms with E-state index in [0.717, 1.165) is 74.0 Å². The van der Waals surface area contributed by atoms with E-state index in [4.69, 9.17) is 16.3 Å². The first kappa shape index (κ1) is 30.0. The Labute approximate surface area is 262 Å².